The highest BCUT2D eigenvalue weighted by molar-refractivity contribution is 5.55. The SMILES string of the molecule is COc1cccc(Nc2ncn(-c3ccccc3)n2)c1. The van der Waals surface area contributed by atoms with Crippen molar-refractivity contribution in [2.24, 2.45) is 0 Å². The number of benzene rings is 2. The van der Waals surface area contributed by atoms with Crippen LogP contribution in [0.3, 0.4) is 0 Å². The molecule has 3 rings (SSSR count). The summed E-state index contributed by atoms with van der Waals surface area (Å²) in [6.07, 6.45) is 1.68. The molecule has 0 aliphatic rings. The first kappa shape index (κ1) is 12.2. The molecular weight excluding hydrogens is 252 g/mol. The number of ether oxygens (including phenoxy) is 1. The highest BCUT2D eigenvalue weighted by atomic mass is 16.5. The van der Waals surface area contributed by atoms with Crippen molar-refractivity contribution in [3.8, 4) is 11.4 Å². The number of methoxy groups -OCH3 is 1. The largest absolute Gasteiger partial charge is 0.497 e. The minimum absolute atomic E-state index is 0.544. The van der Waals surface area contributed by atoms with Crippen molar-refractivity contribution in [3.05, 3.63) is 60.9 Å². The summed E-state index contributed by atoms with van der Waals surface area (Å²) in [6.45, 7) is 0. The van der Waals surface area contributed by atoms with Gasteiger partial charge in [0.25, 0.3) is 0 Å². The Morgan fingerprint density at radius 3 is 2.70 bits per heavy atom. The zero-order chi connectivity index (χ0) is 13.8. The van der Waals surface area contributed by atoms with Gasteiger partial charge in [-0.2, -0.15) is 4.98 Å². The molecule has 1 aromatic heterocycles. The van der Waals surface area contributed by atoms with Crippen LogP contribution in [-0.2, 0) is 0 Å². The number of anilines is 2. The fourth-order valence-corrected chi connectivity index (χ4v) is 1.86. The van der Waals surface area contributed by atoms with Crippen LogP contribution in [-0.4, -0.2) is 21.9 Å². The molecule has 0 spiro atoms. The highest BCUT2D eigenvalue weighted by Crippen LogP contribution is 2.19. The van der Waals surface area contributed by atoms with Gasteiger partial charge in [-0.05, 0) is 24.3 Å². The summed E-state index contributed by atoms with van der Waals surface area (Å²) in [5.41, 5.74) is 1.86. The van der Waals surface area contributed by atoms with Crippen molar-refractivity contribution in [3.63, 3.8) is 0 Å². The van der Waals surface area contributed by atoms with Gasteiger partial charge in [-0.25, -0.2) is 4.68 Å². The zero-order valence-electron chi connectivity index (χ0n) is 11.0. The zero-order valence-corrected chi connectivity index (χ0v) is 11.0. The molecule has 0 amide bonds. The number of para-hydroxylation sites is 1. The van der Waals surface area contributed by atoms with Crippen LogP contribution in [0.1, 0.15) is 0 Å². The standard InChI is InChI=1S/C15H14N4O/c1-20-14-9-5-6-12(10-14)17-15-16-11-19(18-15)13-7-3-2-4-8-13/h2-11H,1H3,(H,17,18). The quantitative estimate of drug-likeness (QED) is 0.788. The molecule has 1 heterocycles. The first-order chi connectivity index (χ1) is 9.85. The Bertz CT molecular complexity index is 694. The van der Waals surface area contributed by atoms with Crippen molar-refractivity contribution < 1.29 is 4.74 Å². The van der Waals surface area contributed by atoms with E-state index in [9.17, 15) is 0 Å². The maximum absolute atomic E-state index is 5.18. The molecule has 0 fully saturated rings. The van der Waals surface area contributed by atoms with E-state index in [1.807, 2.05) is 54.6 Å². The summed E-state index contributed by atoms with van der Waals surface area (Å²) in [6, 6.07) is 17.5. The second-order valence-corrected chi connectivity index (χ2v) is 4.21. The molecule has 5 heteroatoms. The number of nitrogens with one attached hydrogen (secondary N) is 1. The maximum atomic E-state index is 5.18. The molecular formula is C15H14N4O. The fraction of sp³-hybridized carbons (Fsp3) is 0.0667. The van der Waals surface area contributed by atoms with Crippen LogP contribution >= 0.6 is 0 Å². The molecule has 100 valence electrons. The van der Waals surface area contributed by atoms with E-state index in [1.54, 1.807) is 18.1 Å². The molecule has 2 aromatic carbocycles. The maximum Gasteiger partial charge on any atom is 0.246 e. The predicted molar refractivity (Wildman–Crippen MR) is 77.6 cm³/mol. The molecule has 3 aromatic rings. The van der Waals surface area contributed by atoms with Crippen molar-refractivity contribution in [1.29, 1.82) is 0 Å². The molecule has 0 saturated carbocycles. The molecule has 5 nitrogen and oxygen atoms in total. The van der Waals surface area contributed by atoms with E-state index >= 15 is 0 Å². The minimum Gasteiger partial charge on any atom is -0.497 e. The average Bonchev–Trinajstić information content (AvgIpc) is 2.97. The lowest BCUT2D eigenvalue weighted by Crippen LogP contribution is -1.97. The molecule has 0 saturated heterocycles. The Labute approximate surface area is 116 Å². The van der Waals surface area contributed by atoms with Gasteiger partial charge in [-0.3, -0.25) is 0 Å². The van der Waals surface area contributed by atoms with Crippen LogP contribution in [0.15, 0.2) is 60.9 Å². The molecule has 1 N–H and O–H groups in total. The van der Waals surface area contributed by atoms with E-state index in [-0.39, 0.29) is 0 Å². The monoisotopic (exact) mass is 266 g/mol. The van der Waals surface area contributed by atoms with Crippen LogP contribution in [0, 0.1) is 0 Å². The summed E-state index contributed by atoms with van der Waals surface area (Å²) in [4.78, 5) is 4.24. The lowest BCUT2D eigenvalue weighted by molar-refractivity contribution is 0.415. The summed E-state index contributed by atoms with van der Waals surface area (Å²) in [5, 5.41) is 7.53. The van der Waals surface area contributed by atoms with Crippen LogP contribution in [0.4, 0.5) is 11.6 Å². The average molecular weight is 266 g/mol. The van der Waals surface area contributed by atoms with E-state index in [2.05, 4.69) is 15.4 Å². The number of hydrogen-bond donors (Lipinski definition) is 1. The van der Waals surface area contributed by atoms with Gasteiger partial charge < -0.3 is 10.1 Å². The number of hydrogen-bond acceptors (Lipinski definition) is 4. The second kappa shape index (κ2) is 5.44. The third-order valence-corrected chi connectivity index (χ3v) is 2.84. The second-order valence-electron chi connectivity index (χ2n) is 4.21. The summed E-state index contributed by atoms with van der Waals surface area (Å²) < 4.78 is 6.91. The number of nitrogens with zero attached hydrogens (tertiary/aromatic N) is 3. The summed E-state index contributed by atoms with van der Waals surface area (Å²) in [7, 11) is 1.64. The van der Waals surface area contributed by atoms with Gasteiger partial charge in [0.2, 0.25) is 5.95 Å². The van der Waals surface area contributed by atoms with E-state index in [4.69, 9.17) is 4.74 Å². The van der Waals surface area contributed by atoms with E-state index < -0.39 is 0 Å². The van der Waals surface area contributed by atoms with Crippen LogP contribution in [0.25, 0.3) is 5.69 Å². The molecule has 20 heavy (non-hydrogen) atoms. The van der Waals surface area contributed by atoms with Gasteiger partial charge in [0.1, 0.15) is 12.1 Å². The van der Waals surface area contributed by atoms with Gasteiger partial charge in [0, 0.05) is 11.8 Å². The fourth-order valence-electron chi connectivity index (χ4n) is 1.86. The van der Waals surface area contributed by atoms with Crippen molar-refractivity contribution in [2.75, 3.05) is 12.4 Å². The Hall–Kier alpha value is -2.82. The normalized spacial score (nSPS) is 10.2. The van der Waals surface area contributed by atoms with Gasteiger partial charge in [0.15, 0.2) is 0 Å². The molecule has 0 aliphatic carbocycles. The van der Waals surface area contributed by atoms with Crippen LogP contribution in [0.5, 0.6) is 5.75 Å². The van der Waals surface area contributed by atoms with Gasteiger partial charge >= 0.3 is 0 Å². The Kier molecular flexibility index (Phi) is 3.33. The van der Waals surface area contributed by atoms with Gasteiger partial charge in [-0.1, -0.05) is 24.3 Å². The van der Waals surface area contributed by atoms with Crippen molar-refractivity contribution in [1.82, 2.24) is 14.8 Å². The van der Waals surface area contributed by atoms with E-state index in [0.29, 0.717) is 5.95 Å². The van der Waals surface area contributed by atoms with Crippen LogP contribution in [0.2, 0.25) is 0 Å². The Balaban J connectivity index is 1.80. The van der Waals surface area contributed by atoms with Gasteiger partial charge in [0.05, 0.1) is 12.8 Å². The van der Waals surface area contributed by atoms with Crippen molar-refractivity contribution >= 4 is 11.6 Å². The number of rotatable bonds is 4. The van der Waals surface area contributed by atoms with E-state index in [1.165, 1.54) is 0 Å². The molecule has 0 aliphatic heterocycles. The van der Waals surface area contributed by atoms with Gasteiger partial charge in [-0.15, -0.1) is 5.10 Å². The third kappa shape index (κ3) is 2.61. The van der Waals surface area contributed by atoms with Crippen LogP contribution < -0.4 is 10.1 Å². The molecule has 0 atom stereocenters. The summed E-state index contributed by atoms with van der Waals surface area (Å²) >= 11 is 0. The Morgan fingerprint density at radius 1 is 1.05 bits per heavy atom. The molecule has 0 radical (unpaired) electrons. The third-order valence-electron chi connectivity index (χ3n) is 2.84. The topological polar surface area (TPSA) is 52.0 Å². The smallest absolute Gasteiger partial charge is 0.246 e. The molecule has 0 unspecified atom stereocenters. The minimum atomic E-state index is 0.544. The lowest BCUT2D eigenvalue weighted by Gasteiger charge is -2.04. The van der Waals surface area contributed by atoms with Crippen molar-refractivity contribution in [2.45, 2.75) is 0 Å². The van der Waals surface area contributed by atoms with E-state index in [0.717, 1.165) is 17.1 Å². The number of aromatic nitrogens is 3. The lowest BCUT2D eigenvalue weighted by atomic mass is 10.3. The Morgan fingerprint density at radius 2 is 1.90 bits per heavy atom. The predicted octanol–water partition coefficient (Wildman–Crippen LogP) is 3.02. The summed E-state index contributed by atoms with van der Waals surface area (Å²) in [5.74, 6) is 1.33. The first-order valence-corrected chi connectivity index (χ1v) is 6.23. The highest BCUT2D eigenvalue weighted by Gasteiger charge is 2.03. The first-order valence-electron chi connectivity index (χ1n) is 6.23. The molecule has 0 bridgehead atoms.